The van der Waals surface area contributed by atoms with Crippen molar-refractivity contribution in [2.24, 2.45) is 0 Å². The zero-order chi connectivity index (χ0) is 14.2. The van der Waals surface area contributed by atoms with Crippen LogP contribution in [0.1, 0.15) is 18.4 Å². The lowest BCUT2D eigenvalue weighted by Gasteiger charge is -2.23. The summed E-state index contributed by atoms with van der Waals surface area (Å²) in [5.74, 6) is -0.118. The standard InChI is InChI=1S/C15H22FNO2S/c1-18-10-7-17-11-12-3-2-4-14(16)15(12)20-13-5-8-19-9-6-13/h2-4,13,17H,5-11H2,1H3. The maximum atomic E-state index is 14.1. The predicted octanol–water partition coefficient (Wildman–Crippen LogP) is 2.83. The normalized spacial score (nSPS) is 16.5. The third-order valence-corrected chi connectivity index (χ3v) is 4.80. The first-order valence-corrected chi connectivity index (χ1v) is 7.90. The molecule has 0 radical (unpaired) electrons. The SMILES string of the molecule is COCCNCc1cccc(F)c1SC1CCOCC1. The molecule has 3 nitrogen and oxygen atoms in total. The third-order valence-electron chi connectivity index (χ3n) is 3.30. The molecule has 20 heavy (non-hydrogen) atoms. The summed E-state index contributed by atoms with van der Waals surface area (Å²) in [7, 11) is 1.68. The Balaban J connectivity index is 1.97. The molecule has 1 aromatic rings. The summed E-state index contributed by atoms with van der Waals surface area (Å²) in [5.41, 5.74) is 1.03. The second-order valence-electron chi connectivity index (χ2n) is 4.83. The number of benzene rings is 1. The Kier molecular flexibility index (Phi) is 6.79. The molecule has 0 aromatic heterocycles. The molecule has 1 fully saturated rings. The number of hydrogen-bond donors (Lipinski definition) is 1. The van der Waals surface area contributed by atoms with E-state index in [2.05, 4.69) is 5.32 Å². The van der Waals surface area contributed by atoms with E-state index in [1.807, 2.05) is 6.07 Å². The topological polar surface area (TPSA) is 30.5 Å². The van der Waals surface area contributed by atoms with Gasteiger partial charge in [-0.1, -0.05) is 12.1 Å². The Morgan fingerprint density at radius 3 is 2.95 bits per heavy atom. The van der Waals surface area contributed by atoms with Crippen molar-refractivity contribution in [1.29, 1.82) is 0 Å². The van der Waals surface area contributed by atoms with Gasteiger partial charge in [-0.3, -0.25) is 0 Å². The highest BCUT2D eigenvalue weighted by molar-refractivity contribution is 8.00. The summed E-state index contributed by atoms with van der Waals surface area (Å²) in [6.07, 6.45) is 1.99. The lowest BCUT2D eigenvalue weighted by Crippen LogP contribution is -2.20. The number of hydrogen-bond acceptors (Lipinski definition) is 4. The van der Waals surface area contributed by atoms with Crippen LogP contribution >= 0.6 is 11.8 Å². The van der Waals surface area contributed by atoms with Crippen molar-refractivity contribution in [3.63, 3.8) is 0 Å². The quantitative estimate of drug-likeness (QED) is 0.784. The zero-order valence-corrected chi connectivity index (χ0v) is 12.7. The lowest BCUT2D eigenvalue weighted by molar-refractivity contribution is 0.1000. The Labute approximate surface area is 124 Å². The molecule has 5 heteroatoms. The van der Waals surface area contributed by atoms with Gasteiger partial charge in [-0.2, -0.15) is 0 Å². The summed E-state index contributed by atoms with van der Waals surface area (Å²) < 4.78 is 24.4. The zero-order valence-electron chi connectivity index (χ0n) is 11.9. The molecular formula is C15H22FNO2S. The smallest absolute Gasteiger partial charge is 0.137 e. The van der Waals surface area contributed by atoms with Crippen LogP contribution in [0.5, 0.6) is 0 Å². The van der Waals surface area contributed by atoms with E-state index in [0.29, 0.717) is 18.4 Å². The molecule has 0 bridgehead atoms. The van der Waals surface area contributed by atoms with E-state index >= 15 is 0 Å². The molecule has 1 N–H and O–H groups in total. The van der Waals surface area contributed by atoms with E-state index in [4.69, 9.17) is 9.47 Å². The van der Waals surface area contributed by atoms with Crippen LogP contribution in [0.2, 0.25) is 0 Å². The van der Waals surface area contributed by atoms with E-state index in [-0.39, 0.29) is 5.82 Å². The van der Waals surface area contributed by atoms with E-state index in [9.17, 15) is 4.39 Å². The van der Waals surface area contributed by atoms with Crippen molar-refractivity contribution in [2.75, 3.05) is 33.5 Å². The van der Waals surface area contributed by atoms with Gasteiger partial charge >= 0.3 is 0 Å². The number of rotatable bonds is 7. The molecule has 0 atom stereocenters. The van der Waals surface area contributed by atoms with Crippen LogP contribution in [0.25, 0.3) is 0 Å². The average molecular weight is 299 g/mol. The van der Waals surface area contributed by atoms with Gasteiger partial charge in [0.05, 0.1) is 6.61 Å². The van der Waals surface area contributed by atoms with Crippen molar-refractivity contribution >= 4 is 11.8 Å². The second kappa shape index (κ2) is 8.62. The summed E-state index contributed by atoms with van der Waals surface area (Å²) in [6.45, 7) is 3.68. The minimum atomic E-state index is -0.118. The summed E-state index contributed by atoms with van der Waals surface area (Å²) in [5, 5.41) is 3.73. The Bertz CT molecular complexity index is 411. The summed E-state index contributed by atoms with van der Waals surface area (Å²) >= 11 is 1.66. The summed E-state index contributed by atoms with van der Waals surface area (Å²) in [4.78, 5) is 0.782. The Morgan fingerprint density at radius 1 is 1.40 bits per heavy atom. The molecule has 1 aromatic carbocycles. The molecule has 1 aliphatic rings. The van der Waals surface area contributed by atoms with E-state index < -0.39 is 0 Å². The van der Waals surface area contributed by atoms with Gasteiger partial charge in [-0.25, -0.2) is 4.39 Å². The van der Waals surface area contributed by atoms with Crippen molar-refractivity contribution in [3.8, 4) is 0 Å². The lowest BCUT2D eigenvalue weighted by atomic mass is 10.2. The fraction of sp³-hybridized carbons (Fsp3) is 0.600. The molecule has 1 heterocycles. The molecule has 0 unspecified atom stereocenters. The largest absolute Gasteiger partial charge is 0.383 e. The van der Waals surface area contributed by atoms with Gasteiger partial charge < -0.3 is 14.8 Å². The van der Waals surface area contributed by atoms with Crippen LogP contribution in [0, 0.1) is 5.82 Å². The minimum absolute atomic E-state index is 0.118. The third kappa shape index (κ3) is 4.74. The van der Waals surface area contributed by atoms with Gasteiger partial charge in [-0.05, 0) is 24.5 Å². The molecule has 1 saturated heterocycles. The fourth-order valence-corrected chi connectivity index (χ4v) is 3.42. The number of methoxy groups -OCH3 is 1. The highest BCUT2D eigenvalue weighted by atomic mass is 32.2. The molecule has 0 spiro atoms. The predicted molar refractivity (Wildman–Crippen MR) is 79.7 cm³/mol. The van der Waals surface area contributed by atoms with E-state index in [1.165, 1.54) is 0 Å². The van der Waals surface area contributed by atoms with E-state index in [0.717, 1.165) is 43.1 Å². The van der Waals surface area contributed by atoms with Crippen molar-refractivity contribution < 1.29 is 13.9 Å². The van der Waals surface area contributed by atoms with Crippen LogP contribution in [0.4, 0.5) is 4.39 Å². The maximum absolute atomic E-state index is 14.1. The first kappa shape index (κ1) is 15.8. The maximum Gasteiger partial charge on any atom is 0.137 e. The fourth-order valence-electron chi connectivity index (χ4n) is 2.18. The highest BCUT2D eigenvalue weighted by Crippen LogP contribution is 2.34. The number of thioether (sulfide) groups is 1. The van der Waals surface area contributed by atoms with Crippen LogP contribution in [0.3, 0.4) is 0 Å². The summed E-state index contributed by atoms with van der Waals surface area (Å²) in [6, 6.07) is 5.31. The molecule has 0 aliphatic carbocycles. The van der Waals surface area contributed by atoms with Gasteiger partial charge in [0.15, 0.2) is 0 Å². The van der Waals surface area contributed by atoms with Crippen molar-refractivity contribution in [3.05, 3.63) is 29.6 Å². The molecule has 0 amide bonds. The molecule has 112 valence electrons. The van der Waals surface area contributed by atoms with Crippen LogP contribution in [0.15, 0.2) is 23.1 Å². The van der Waals surface area contributed by atoms with Crippen LogP contribution < -0.4 is 5.32 Å². The highest BCUT2D eigenvalue weighted by Gasteiger charge is 2.18. The van der Waals surface area contributed by atoms with Crippen LogP contribution in [-0.2, 0) is 16.0 Å². The first-order valence-electron chi connectivity index (χ1n) is 7.02. The van der Waals surface area contributed by atoms with Crippen molar-refractivity contribution in [2.45, 2.75) is 29.5 Å². The van der Waals surface area contributed by atoms with Gasteiger partial charge in [0, 0.05) is 43.6 Å². The van der Waals surface area contributed by atoms with Gasteiger partial charge in [-0.15, -0.1) is 11.8 Å². The number of ether oxygens (including phenoxy) is 2. The van der Waals surface area contributed by atoms with Gasteiger partial charge in [0.2, 0.25) is 0 Å². The Morgan fingerprint density at radius 2 is 2.20 bits per heavy atom. The molecular weight excluding hydrogens is 277 g/mol. The number of halogens is 1. The van der Waals surface area contributed by atoms with Crippen LogP contribution in [-0.4, -0.2) is 38.7 Å². The average Bonchev–Trinajstić information content (AvgIpc) is 2.48. The Hall–Kier alpha value is -0.620. The van der Waals surface area contributed by atoms with Gasteiger partial charge in [0.1, 0.15) is 5.82 Å². The van der Waals surface area contributed by atoms with Crippen molar-refractivity contribution in [1.82, 2.24) is 5.32 Å². The minimum Gasteiger partial charge on any atom is -0.383 e. The molecule has 2 rings (SSSR count). The molecule has 1 aliphatic heterocycles. The monoisotopic (exact) mass is 299 g/mol. The van der Waals surface area contributed by atoms with E-state index in [1.54, 1.807) is 31.0 Å². The second-order valence-corrected chi connectivity index (χ2v) is 6.14. The molecule has 0 saturated carbocycles. The number of nitrogens with one attached hydrogen (secondary N) is 1. The first-order chi connectivity index (χ1) is 9.81. The van der Waals surface area contributed by atoms with Gasteiger partial charge in [0.25, 0.3) is 0 Å².